The Morgan fingerprint density at radius 2 is 2.18 bits per heavy atom. The third-order valence-corrected chi connectivity index (χ3v) is 4.37. The Kier molecular flexibility index (Phi) is 3.56. The first-order valence-electron chi connectivity index (χ1n) is 7.79. The van der Waals surface area contributed by atoms with Crippen molar-refractivity contribution in [2.45, 2.75) is 44.8 Å². The normalized spacial score (nSPS) is 24.4. The van der Waals surface area contributed by atoms with Crippen molar-refractivity contribution >= 4 is 11.8 Å². The number of morpholine rings is 1. The fraction of sp³-hybridized carbons (Fsp3) is 0.588. The maximum Gasteiger partial charge on any atom is 0.411 e. The van der Waals surface area contributed by atoms with Crippen LogP contribution in [0.25, 0.3) is 0 Å². The molecule has 2 aliphatic rings. The zero-order chi connectivity index (χ0) is 16.0. The molecule has 1 spiro atoms. The molecule has 5 heteroatoms. The van der Waals surface area contributed by atoms with Gasteiger partial charge in [-0.15, -0.1) is 0 Å². The molecule has 3 rings (SSSR count). The molecule has 1 amide bonds. The van der Waals surface area contributed by atoms with Crippen LogP contribution < -0.4 is 5.73 Å². The number of hydrogen-bond acceptors (Lipinski definition) is 4. The first-order chi connectivity index (χ1) is 10.3. The number of fused-ring (bicyclic) bond motifs is 2. The monoisotopic (exact) mass is 304 g/mol. The van der Waals surface area contributed by atoms with Crippen molar-refractivity contribution in [3.05, 3.63) is 29.3 Å². The molecule has 5 nitrogen and oxygen atoms in total. The van der Waals surface area contributed by atoms with Gasteiger partial charge in [0.05, 0.1) is 18.8 Å². The maximum atomic E-state index is 12.7. The minimum atomic E-state index is -0.506. The molecule has 1 aromatic rings. The Balaban J connectivity index is 1.98. The minimum absolute atomic E-state index is 0.272. The minimum Gasteiger partial charge on any atom is -0.444 e. The van der Waals surface area contributed by atoms with Crippen molar-refractivity contribution in [3.8, 4) is 0 Å². The van der Waals surface area contributed by atoms with E-state index in [4.69, 9.17) is 15.2 Å². The number of anilines is 1. The number of nitrogen functional groups attached to an aromatic ring is 1. The van der Waals surface area contributed by atoms with Crippen molar-refractivity contribution in [1.82, 2.24) is 4.90 Å². The SMILES string of the molecule is CC(C)(C)OC(=O)N1CCOC[C@]12CCc1ccc(N)cc12. The summed E-state index contributed by atoms with van der Waals surface area (Å²) in [6.07, 6.45) is 1.51. The lowest BCUT2D eigenvalue weighted by Gasteiger charge is -2.45. The van der Waals surface area contributed by atoms with E-state index in [-0.39, 0.29) is 6.09 Å². The van der Waals surface area contributed by atoms with E-state index in [0.717, 1.165) is 24.1 Å². The molecule has 1 heterocycles. The largest absolute Gasteiger partial charge is 0.444 e. The van der Waals surface area contributed by atoms with Crippen molar-refractivity contribution < 1.29 is 14.3 Å². The lowest BCUT2D eigenvalue weighted by molar-refractivity contribution is -0.0778. The van der Waals surface area contributed by atoms with Gasteiger partial charge in [-0.3, -0.25) is 4.90 Å². The van der Waals surface area contributed by atoms with Crippen LogP contribution >= 0.6 is 0 Å². The van der Waals surface area contributed by atoms with Crippen molar-refractivity contribution in [2.24, 2.45) is 0 Å². The molecule has 1 aromatic carbocycles. The number of carbonyl (C=O) groups excluding carboxylic acids is 1. The number of benzene rings is 1. The maximum absolute atomic E-state index is 12.7. The Bertz CT molecular complexity index is 590. The highest BCUT2D eigenvalue weighted by Gasteiger charge is 2.49. The summed E-state index contributed by atoms with van der Waals surface area (Å²) < 4.78 is 11.3. The molecule has 22 heavy (non-hydrogen) atoms. The van der Waals surface area contributed by atoms with Crippen LogP contribution in [0.1, 0.15) is 38.3 Å². The standard InChI is InChI=1S/C17H24N2O3/c1-16(2,3)22-15(20)19-8-9-21-11-17(19)7-6-12-4-5-13(18)10-14(12)17/h4-5,10H,6-9,11,18H2,1-3H3/t17-/m0/s1. The Morgan fingerprint density at radius 1 is 1.41 bits per heavy atom. The fourth-order valence-electron chi connectivity index (χ4n) is 3.42. The smallest absolute Gasteiger partial charge is 0.411 e. The number of hydrogen-bond donors (Lipinski definition) is 1. The number of rotatable bonds is 0. The quantitative estimate of drug-likeness (QED) is 0.748. The average molecular weight is 304 g/mol. The number of ether oxygens (including phenoxy) is 2. The van der Waals surface area contributed by atoms with Gasteiger partial charge in [-0.1, -0.05) is 6.07 Å². The molecule has 1 saturated heterocycles. The van der Waals surface area contributed by atoms with Crippen LogP contribution in [-0.2, 0) is 21.4 Å². The molecular weight excluding hydrogens is 280 g/mol. The topological polar surface area (TPSA) is 64.8 Å². The van der Waals surface area contributed by atoms with Crippen LogP contribution in [0.4, 0.5) is 10.5 Å². The zero-order valence-electron chi connectivity index (χ0n) is 13.5. The van der Waals surface area contributed by atoms with Crippen LogP contribution in [0.5, 0.6) is 0 Å². The Hall–Kier alpha value is -1.75. The molecule has 1 aliphatic heterocycles. The fourth-order valence-corrected chi connectivity index (χ4v) is 3.42. The van der Waals surface area contributed by atoms with Gasteiger partial charge < -0.3 is 15.2 Å². The van der Waals surface area contributed by atoms with E-state index in [0.29, 0.717) is 19.8 Å². The molecule has 0 radical (unpaired) electrons. The number of nitrogens with zero attached hydrogens (tertiary/aromatic N) is 1. The Morgan fingerprint density at radius 3 is 2.91 bits per heavy atom. The van der Waals surface area contributed by atoms with Crippen LogP contribution in [0.2, 0.25) is 0 Å². The van der Waals surface area contributed by atoms with Gasteiger partial charge in [0.1, 0.15) is 5.60 Å². The first-order valence-corrected chi connectivity index (χ1v) is 7.79. The van der Waals surface area contributed by atoms with Gasteiger partial charge in [-0.2, -0.15) is 0 Å². The van der Waals surface area contributed by atoms with E-state index >= 15 is 0 Å². The van der Waals surface area contributed by atoms with E-state index in [1.54, 1.807) is 0 Å². The summed E-state index contributed by atoms with van der Waals surface area (Å²) >= 11 is 0. The summed E-state index contributed by atoms with van der Waals surface area (Å²) in [7, 11) is 0. The number of aryl methyl sites for hydroxylation is 1. The molecule has 2 N–H and O–H groups in total. The summed E-state index contributed by atoms with van der Waals surface area (Å²) in [6, 6.07) is 5.95. The molecule has 1 fully saturated rings. The molecule has 0 bridgehead atoms. The van der Waals surface area contributed by atoms with E-state index in [9.17, 15) is 4.79 Å². The summed E-state index contributed by atoms with van der Waals surface area (Å²) in [5, 5.41) is 0. The lowest BCUT2D eigenvalue weighted by Crippen LogP contribution is -2.56. The van der Waals surface area contributed by atoms with Gasteiger partial charge in [0.2, 0.25) is 0 Å². The van der Waals surface area contributed by atoms with E-state index in [1.807, 2.05) is 37.8 Å². The molecule has 0 saturated carbocycles. The van der Waals surface area contributed by atoms with Gasteiger partial charge in [-0.05, 0) is 56.9 Å². The summed E-state index contributed by atoms with van der Waals surface area (Å²) in [5.74, 6) is 0. The van der Waals surface area contributed by atoms with Crippen molar-refractivity contribution in [1.29, 1.82) is 0 Å². The highest BCUT2D eigenvalue weighted by Crippen LogP contribution is 2.44. The predicted molar refractivity (Wildman–Crippen MR) is 84.6 cm³/mol. The van der Waals surface area contributed by atoms with Crippen LogP contribution in [-0.4, -0.2) is 36.4 Å². The first kappa shape index (κ1) is 15.2. The summed E-state index contributed by atoms with van der Waals surface area (Å²) in [6.45, 7) is 7.25. The zero-order valence-corrected chi connectivity index (χ0v) is 13.5. The van der Waals surface area contributed by atoms with Gasteiger partial charge >= 0.3 is 6.09 Å². The molecule has 0 aromatic heterocycles. The van der Waals surface area contributed by atoms with Gasteiger partial charge in [0, 0.05) is 12.2 Å². The van der Waals surface area contributed by atoms with E-state index in [2.05, 4.69) is 6.07 Å². The number of nitrogens with two attached hydrogens (primary N) is 1. The summed E-state index contributed by atoms with van der Waals surface area (Å²) in [5.41, 5.74) is 8.09. The number of amides is 1. The van der Waals surface area contributed by atoms with E-state index < -0.39 is 11.1 Å². The molecule has 1 atom stereocenters. The molecule has 1 aliphatic carbocycles. The third kappa shape index (κ3) is 2.54. The second-order valence-electron chi connectivity index (χ2n) is 7.13. The molecule has 0 unspecified atom stereocenters. The van der Waals surface area contributed by atoms with Crippen LogP contribution in [0.3, 0.4) is 0 Å². The van der Waals surface area contributed by atoms with Gasteiger partial charge in [0.25, 0.3) is 0 Å². The van der Waals surface area contributed by atoms with E-state index in [1.165, 1.54) is 5.56 Å². The number of carbonyl (C=O) groups is 1. The van der Waals surface area contributed by atoms with Crippen LogP contribution in [0, 0.1) is 0 Å². The highest BCUT2D eigenvalue weighted by molar-refractivity contribution is 5.71. The summed E-state index contributed by atoms with van der Waals surface area (Å²) in [4.78, 5) is 14.5. The lowest BCUT2D eigenvalue weighted by atomic mass is 9.89. The average Bonchev–Trinajstić information content (AvgIpc) is 2.76. The second-order valence-corrected chi connectivity index (χ2v) is 7.13. The van der Waals surface area contributed by atoms with Crippen molar-refractivity contribution in [2.75, 3.05) is 25.5 Å². The van der Waals surface area contributed by atoms with Crippen molar-refractivity contribution in [3.63, 3.8) is 0 Å². The second kappa shape index (κ2) is 5.16. The third-order valence-electron chi connectivity index (χ3n) is 4.37. The van der Waals surface area contributed by atoms with Crippen LogP contribution in [0.15, 0.2) is 18.2 Å². The molecule has 120 valence electrons. The molecular formula is C17H24N2O3. The van der Waals surface area contributed by atoms with Gasteiger partial charge in [-0.25, -0.2) is 4.79 Å². The predicted octanol–water partition coefficient (Wildman–Crippen LogP) is 2.68. The highest BCUT2D eigenvalue weighted by atomic mass is 16.6. The Labute approximate surface area is 131 Å². The van der Waals surface area contributed by atoms with Gasteiger partial charge in [0.15, 0.2) is 0 Å².